The molecule has 0 saturated carbocycles. The van der Waals surface area contributed by atoms with Gasteiger partial charge in [-0.1, -0.05) is 12.1 Å². The molecule has 114 valence electrons. The second-order valence-electron chi connectivity index (χ2n) is 4.60. The first-order valence-corrected chi connectivity index (χ1v) is 6.93. The Morgan fingerprint density at radius 2 is 1.68 bits per heavy atom. The number of hydrogen-bond acceptors (Lipinski definition) is 3. The van der Waals surface area contributed by atoms with Crippen molar-refractivity contribution < 1.29 is 13.9 Å². The van der Waals surface area contributed by atoms with Crippen LogP contribution in [0.2, 0.25) is 0 Å². The van der Waals surface area contributed by atoms with E-state index < -0.39 is 0 Å². The van der Waals surface area contributed by atoms with E-state index in [0.717, 1.165) is 5.56 Å². The van der Waals surface area contributed by atoms with Gasteiger partial charge in [0.15, 0.2) is 0 Å². The number of hydrazone groups is 1. The Morgan fingerprint density at radius 3 is 2.27 bits per heavy atom. The molecule has 0 fully saturated rings. The van der Waals surface area contributed by atoms with E-state index in [1.165, 1.54) is 12.1 Å². The Balaban J connectivity index is 2.01. The van der Waals surface area contributed by atoms with Crippen molar-refractivity contribution in [3.8, 4) is 5.75 Å². The third-order valence-corrected chi connectivity index (χ3v) is 3.01. The Bertz CT molecular complexity index is 664. The minimum atomic E-state index is -0.315. The average Bonchev–Trinajstić information content (AvgIpc) is 2.54. The summed E-state index contributed by atoms with van der Waals surface area (Å²) in [6.45, 7) is 4.21. The SMILES string of the molecule is CCOc1ccc(C(=O)N/N=C(/C)c2ccc(F)cc2)cc1. The number of benzene rings is 2. The average molecular weight is 300 g/mol. The lowest BCUT2D eigenvalue weighted by molar-refractivity contribution is 0.0955. The number of nitrogens with one attached hydrogen (secondary N) is 1. The molecule has 0 radical (unpaired) electrons. The van der Waals surface area contributed by atoms with Gasteiger partial charge in [0.1, 0.15) is 11.6 Å². The zero-order valence-electron chi connectivity index (χ0n) is 12.5. The monoisotopic (exact) mass is 300 g/mol. The number of hydrogen-bond donors (Lipinski definition) is 1. The fourth-order valence-electron chi connectivity index (χ4n) is 1.82. The molecular formula is C17H17FN2O2. The van der Waals surface area contributed by atoms with Crippen molar-refractivity contribution >= 4 is 11.6 Å². The van der Waals surface area contributed by atoms with Crippen molar-refractivity contribution in [2.24, 2.45) is 5.10 Å². The molecule has 0 heterocycles. The molecule has 0 aromatic heterocycles. The Kier molecular flexibility index (Phi) is 5.25. The molecule has 2 aromatic rings. The third kappa shape index (κ3) is 4.15. The minimum Gasteiger partial charge on any atom is -0.494 e. The second-order valence-corrected chi connectivity index (χ2v) is 4.60. The van der Waals surface area contributed by atoms with Gasteiger partial charge in [0.2, 0.25) is 0 Å². The number of carbonyl (C=O) groups is 1. The highest BCUT2D eigenvalue weighted by molar-refractivity contribution is 6.00. The van der Waals surface area contributed by atoms with Crippen molar-refractivity contribution in [2.75, 3.05) is 6.61 Å². The molecule has 22 heavy (non-hydrogen) atoms. The molecule has 0 saturated heterocycles. The number of nitrogens with zero attached hydrogens (tertiary/aromatic N) is 1. The van der Waals surface area contributed by atoms with Crippen molar-refractivity contribution in [1.29, 1.82) is 0 Å². The molecule has 0 spiro atoms. The van der Waals surface area contributed by atoms with E-state index >= 15 is 0 Å². The molecule has 0 aliphatic rings. The molecule has 0 unspecified atom stereocenters. The summed E-state index contributed by atoms with van der Waals surface area (Å²) in [4.78, 5) is 12.0. The van der Waals surface area contributed by atoms with Crippen LogP contribution in [0.5, 0.6) is 5.75 Å². The lowest BCUT2D eigenvalue weighted by Gasteiger charge is -2.05. The van der Waals surface area contributed by atoms with E-state index in [4.69, 9.17) is 4.74 Å². The maximum Gasteiger partial charge on any atom is 0.271 e. The summed E-state index contributed by atoms with van der Waals surface area (Å²) in [6, 6.07) is 12.7. The van der Waals surface area contributed by atoms with E-state index in [-0.39, 0.29) is 11.7 Å². The first-order valence-electron chi connectivity index (χ1n) is 6.93. The first-order chi connectivity index (χ1) is 10.6. The minimum absolute atomic E-state index is 0.310. The highest BCUT2D eigenvalue weighted by Crippen LogP contribution is 2.12. The van der Waals surface area contributed by atoms with Gasteiger partial charge in [0, 0.05) is 5.56 Å². The Labute approximate surface area is 128 Å². The number of amides is 1. The Morgan fingerprint density at radius 1 is 1.09 bits per heavy atom. The number of rotatable bonds is 5. The molecule has 2 aromatic carbocycles. The topological polar surface area (TPSA) is 50.7 Å². The zero-order valence-corrected chi connectivity index (χ0v) is 12.5. The fourth-order valence-corrected chi connectivity index (χ4v) is 1.82. The third-order valence-electron chi connectivity index (χ3n) is 3.01. The van der Waals surface area contributed by atoms with E-state index in [1.807, 2.05) is 6.92 Å². The van der Waals surface area contributed by atoms with Gasteiger partial charge in [-0.05, 0) is 55.8 Å². The number of carbonyl (C=O) groups excluding carboxylic acids is 1. The smallest absolute Gasteiger partial charge is 0.271 e. The first kappa shape index (κ1) is 15.7. The molecule has 0 aliphatic heterocycles. The number of halogens is 1. The van der Waals surface area contributed by atoms with Crippen LogP contribution in [0.15, 0.2) is 53.6 Å². The quantitative estimate of drug-likeness (QED) is 0.680. The van der Waals surface area contributed by atoms with Gasteiger partial charge in [0.05, 0.1) is 12.3 Å². The lowest BCUT2D eigenvalue weighted by atomic mass is 10.1. The lowest BCUT2D eigenvalue weighted by Crippen LogP contribution is -2.19. The van der Waals surface area contributed by atoms with Crippen LogP contribution in [0.1, 0.15) is 29.8 Å². The largest absolute Gasteiger partial charge is 0.494 e. The van der Waals surface area contributed by atoms with Gasteiger partial charge in [-0.3, -0.25) is 4.79 Å². The Hall–Kier alpha value is -2.69. The van der Waals surface area contributed by atoms with Gasteiger partial charge in [-0.25, -0.2) is 9.82 Å². The van der Waals surface area contributed by atoms with Crippen LogP contribution in [0.25, 0.3) is 0 Å². The summed E-state index contributed by atoms with van der Waals surface area (Å²) in [5.41, 5.74) is 4.30. The summed E-state index contributed by atoms with van der Waals surface area (Å²) in [7, 11) is 0. The molecule has 1 amide bonds. The normalized spacial score (nSPS) is 11.1. The maximum absolute atomic E-state index is 12.9. The summed E-state index contributed by atoms with van der Waals surface area (Å²) in [5.74, 6) is 0.0875. The second kappa shape index (κ2) is 7.36. The molecule has 0 bridgehead atoms. The fraction of sp³-hybridized carbons (Fsp3) is 0.176. The van der Waals surface area contributed by atoms with Crippen molar-refractivity contribution in [1.82, 2.24) is 5.43 Å². The zero-order chi connectivity index (χ0) is 15.9. The van der Waals surface area contributed by atoms with Gasteiger partial charge in [-0.2, -0.15) is 5.10 Å². The van der Waals surface area contributed by atoms with Crippen LogP contribution in [0, 0.1) is 5.82 Å². The van der Waals surface area contributed by atoms with E-state index in [1.54, 1.807) is 43.3 Å². The molecular weight excluding hydrogens is 283 g/mol. The van der Waals surface area contributed by atoms with Crippen molar-refractivity contribution in [2.45, 2.75) is 13.8 Å². The van der Waals surface area contributed by atoms with Crippen LogP contribution in [0.3, 0.4) is 0 Å². The predicted octanol–water partition coefficient (Wildman–Crippen LogP) is 3.38. The highest BCUT2D eigenvalue weighted by atomic mass is 19.1. The molecule has 0 atom stereocenters. The maximum atomic E-state index is 12.9. The van der Waals surface area contributed by atoms with Crippen molar-refractivity contribution in [3.05, 3.63) is 65.5 Å². The van der Waals surface area contributed by atoms with Gasteiger partial charge < -0.3 is 4.74 Å². The molecule has 4 nitrogen and oxygen atoms in total. The number of ether oxygens (including phenoxy) is 1. The summed E-state index contributed by atoms with van der Waals surface area (Å²) < 4.78 is 18.2. The van der Waals surface area contributed by atoms with Gasteiger partial charge in [-0.15, -0.1) is 0 Å². The van der Waals surface area contributed by atoms with Crippen LogP contribution < -0.4 is 10.2 Å². The van der Waals surface area contributed by atoms with E-state index in [0.29, 0.717) is 23.6 Å². The van der Waals surface area contributed by atoms with Gasteiger partial charge in [0.25, 0.3) is 5.91 Å². The van der Waals surface area contributed by atoms with Crippen molar-refractivity contribution in [3.63, 3.8) is 0 Å². The predicted molar refractivity (Wildman–Crippen MR) is 83.7 cm³/mol. The van der Waals surface area contributed by atoms with Crippen LogP contribution >= 0.6 is 0 Å². The van der Waals surface area contributed by atoms with E-state index in [2.05, 4.69) is 10.5 Å². The highest BCUT2D eigenvalue weighted by Gasteiger charge is 2.05. The van der Waals surface area contributed by atoms with E-state index in [9.17, 15) is 9.18 Å². The molecule has 0 aliphatic carbocycles. The van der Waals surface area contributed by atoms with Crippen LogP contribution in [0.4, 0.5) is 4.39 Å². The molecule has 1 N–H and O–H groups in total. The summed E-state index contributed by atoms with van der Waals surface area (Å²) in [5, 5.41) is 4.02. The van der Waals surface area contributed by atoms with Crippen LogP contribution in [-0.2, 0) is 0 Å². The summed E-state index contributed by atoms with van der Waals surface area (Å²) in [6.07, 6.45) is 0. The standard InChI is InChI=1S/C17H17FN2O2/c1-3-22-16-10-6-14(7-11-16)17(21)20-19-12(2)13-4-8-15(18)9-5-13/h4-11H,3H2,1-2H3,(H,20,21)/b19-12-. The van der Waals surface area contributed by atoms with Crippen LogP contribution in [-0.4, -0.2) is 18.2 Å². The molecule has 2 rings (SSSR count). The molecule has 5 heteroatoms. The van der Waals surface area contributed by atoms with Gasteiger partial charge >= 0.3 is 0 Å². The summed E-state index contributed by atoms with van der Waals surface area (Å²) >= 11 is 0.